The summed E-state index contributed by atoms with van der Waals surface area (Å²) in [5.74, 6) is 0.874. The van der Waals surface area contributed by atoms with Crippen LogP contribution in [0.1, 0.15) is 0 Å². The summed E-state index contributed by atoms with van der Waals surface area (Å²) in [7, 11) is 6.19. The maximum Gasteiger partial charge on any atom is 0.151 e. The second-order valence-corrected chi connectivity index (χ2v) is 6.29. The lowest BCUT2D eigenvalue weighted by Gasteiger charge is -2.21. The lowest BCUT2D eigenvalue weighted by Crippen LogP contribution is -2.29. The fourth-order valence-corrected chi connectivity index (χ4v) is 2.59. The molecule has 25 heavy (non-hydrogen) atoms. The third-order valence-electron chi connectivity index (χ3n) is 4.09. The smallest absolute Gasteiger partial charge is 0.151 e. The minimum Gasteiger partial charge on any atom is -0.357 e. The van der Waals surface area contributed by atoms with E-state index in [1.54, 1.807) is 12.4 Å². The fraction of sp³-hybridized carbons (Fsp3) is 0.250. The SMILES string of the molecule is CN(C)CCN(C)c1cc(-c2ccccc2)c(-c2ccncc2)nn1. The first kappa shape index (κ1) is 17.0. The third kappa shape index (κ3) is 4.19. The van der Waals surface area contributed by atoms with Gasteiger partial charge in [0.25, 0.3) is 0 Å². The number of rotatable bonds is 6. The van der Waals surface area contributed by atoms with Gasteiger partial charge in [0.15, 0.2) is 5.82 Å². The summed E-state index contributed by atoms with van der Waals surface area (Å²) in [5, 5.41) is 9.00. The summed E-state index contributed by atoms with van der Waals surface area (Å²) in [6.07, 6.45) is 3.56. The Labute approximate surface area is 149 Å². The molecular weight excluding hydrogens is 310 g/mol. The molecule has 0 unspecified atom stereocenters. The van der Waals surface area contributed by atoms with E-state index in [9.17, 15) is 0 Å². The molecule has 0 radical (unpaired) electrons. The molecule has 2 heterocycles. The second-order valence-electron chi connectivity index (χ2n) is 6.29. The van der Waals surface area contributed by atoms with E-state index in [1.807, 2.05) is 37.4 Å². The number of likely N-dealkylation sites (N-methyl/N-ethyl adjacent to an activating group) is 2. The lowest BCUT2D eigenvalue weighted by atomic mass is 10.0. The van der Waals surface area contributed by atoms with Crippen LogP contribution >= 0.6 is 0 Å². The molecule has 0 aliphatic heterocycles. The highest BCUT2D eigenvalue weighted by atomic mass is 15.3. The van der Waals surface area contributed by atoms with Crippen LogP contribution in [-0.4, -0.2) is 54.3 Å². The highest BCUT2D eigenvalue weighted by Gasteiger charge is 2.13. The Morgan fingerprint density at radius 1 is 0.800 bits per heavy atom. The molecule has 0 saturated heterocycles. The maximum absolute atomic E-state index is 4.54. The zero-order chi connectivity index (χ0) is 17.6. The fourth-order valence-electron chi connectivity index (χ4n) is 2.59. The molecule has 5 nitrogen and oxygen atoms in total. The molecule has 0 spiro atoms. The van der Waals surface area contributed by atoms with Crippen molar-refractivity contribution in [1.82, 2.24) is 20.1 Å². The van der Waals surface area contributed by atoms with Crippen molar-refractivity contribution in [1.29, 1.82) is 0 Å². The molecule has 1 aromatic carbocycles. The summed E-state index contributed by atoms with van der Waals surface area (Å²) < 4.78 is 0. The van der Waals surface area contributed by atoms with Gasteiger partial charge in [-0.1, -0.05) is 30.3 Å². The van der Waals surface area contributed by atoms with Gasteiger partial charge in [0.05, 0.1) is 0 Å². The van der Waals surface area contributed by atoms with Crippen LogP contribution in [0, 0.1) is 0 Å². The molecule has 0 aliphatic rings. The monoisotopic (exact) mass is 333 g/mol. The number of benzene rings is 1. The van der Waals surface area contributed by atoms with Gasteiger partial charge in [-0.3, -0.25) is 4.98 Å². The van der Waals surface area contributed by atoms with Crippen molar-refractivity contribution in [3.05, 3.63) is 60.9 Å². The average molecular weight is 333 g/mol. The molecule has 0 N–H and O–H groups in total. The first-order valence-electron chi connectivity index (χ1n) is 8.34. The van der Waals surface area contributed by atoms with Crippen LogP contribution < -0.4 is 4.90 Å². The van der Waals surface area contributed by atoms with Gasteiger partial charge in [-0.2, -0.15) is 0 Å². The molecule has 0 aliphatic carbocycles. The number of nitrogens with zero attached hydrogens (tertiary/aromatic N) is 5. The molecule has 3 rings (SSSR count). The Morgan fingerprint density at radius 2 is 1.52 bits per heavy atom. The van der Waals surface area contributed by atoms with Crippen molar-refractivity contribution in [2.24, 2.45) is 0 Å². The van der Waals surface area contributed by atoms with E-state index in [4.69, 9.17) is 0 Å². The number of anilines is 1. The van der Waals surface area contributed by atoms with Crippen LogP contribution in [0.4, 0.5) is 5.82 Å². The van der Waals surface area contributed by atoms with Gasteiger partial charge in [-0.25, -0.2) is 0 Å². The van der Waals surface area contributed by atoms with Gasteiger partial charge < -0.3 is 9.80 Å². The zero-order valence-corrected chi connectivity index (χ0v) is 14.9. The summed E-state index contributed by atoms with van der Waals surface area (Å²) in [6, 6.07) is 16.4. The van der Waals surface area contributed by atoms with Crippen LogP contribution in [0.15, 0.2) is 60.9 Å². The molecule has 128 valence electrons. The number of hydrogen-bond donors (Lipinski definition) is 0. The van der Waals surface area contributed by atoms with Crippen LogP contribution in [0.2, 0.25) is 0 Å². The normalized spacial score (nSPS) is 10.9. The molecule has 3 aromatic rings. The standard InChI is InChI=1S/C20H23N5/c1-24(2)13-14-25(3)19-15-18(16-7-5-4-6-8-16)20(23-22-19)17-9-11-21-12-10-17/h4-12,15H,13-14H2,1-3H3. The minimum atomic E-state index is 0.873. The van der Waals surface area contributed by atoms with Crippen molar-refractivity contribution in [2.45, 2.75) is 0 Å². The highest BCUT2D eigenvalue weighted by molar-refractivity contribution is 5.81. The van der Waals surface area contributed by atoms with Crippen LogP contribution in [0.5, 0.6) is 0 Å². The average Bonchev–Trinajstić information content (AvgIpc) is 2.67. The molecule has 0 atom stereocenters. The van der Waals surface area contributed by atoms with Gasteiger partial charge in [0.2, 0.25) is 0 Å². The Kier molecular flexibility index (Phi) is 5.36. The summed E-state index contributed by atoms with van der Waals surface area (Å²) in [6.45, 7) is 1.86. The van der Waals surface area contributed by atoms with Crippen molar-refractivity contribution >= 4 is 5.82 Å². The summed E-state index contributed by atoms with van der Waals surface area (Å²) >= 11 is 0. The van der Waals surface area contributed by atoms with E-state index in [2.05, 4.69) is 57.3 Å². The van der Waals surface area contributed by atoms with E-state index in [1.165, 1.54) is 0 Å². The first-order valence-corrected chi connectivity index (χ1v) is 8.34. The Bertz CT molecular complexity index is 803. The van der Waals surface area contributed by atoms with Crippen molar-refractivity contribution in [3.63, 3.8) is 0 Å². The molecule has 0 saturated carbocycles. The molecular formula is C20H23N5. The number of aromatic nitrogens is 3. The quantitative estimate of drug-likeness (QED) is 0.693. The van der Waals surface area contributed by atoms with E-state index < -0.39 is 0 Å². The van der Waals surface area contributed by atoms with Crippen molar-refractivity contribution < 1.29 is 0 Å². The van der Waals surface area contributed by atoms with Crippen LogP contribution in [0.3, 0.4) is 0 Å². The number of pyridine rings is 1. The largest absolute Gasteiger partial charge is 0.357 e. The maximum atomic E-state index is 4.54. The molecule has 0 fully saturated rings. The van der Waals surface area contributed by atoms with Crippen molar-refractivity contribution in [2.75, 3.05) is 39.1 Å². The van der Waals surface area contributed by atoms with E-state index in [-0.39, 0.29) is 0 Å². The van der Waals surface area contributed by atoms with Crippen molar-refractivity contribution in [3.8, 4) is 22.4 Å². The second kappa shape index (κ2) is 7.85. The lowest BCUT2D eigenvalue weighted by molar-refractivity contribution is 0.416. The van der Waals surface area contributed by atoms with Gasteiger partial charge in [0.1, 0.15) is 5.69 Å². The van der Waals surface area contributed by atoms with Crippen LogP contribution in [0.25, 0.3) is 22.4 Å². The van der Waals surface area contributed by atoms with Gasteiger partial charge in [0, 0.05) is 43.7 Å². The summed E-state index contributed by atoms with van der Waals surface area (Å²) in [5.41, 5.74) is 4.10. The van der Waals surface area contributed by atoms with E-state index in [0.29, 0.717) is 0 Å². The van der Waals surface area contributed by atoms with Gasteiger partial charge >= 0.3 is 0 Å². The van der Waals surface area contributed by atoms with Crippen LogP contribution in [-0.2, 0) is 0 Å². The van der Waals surface area contributed by atoms with Gasteiger partial charge in [-0.15, -0.1) is 10.2 Å². The third-order valence-corrected chi connectivity index (χ3v) is 4.09. The zero-order valence-electron chi connectivity index (χ0n) is 14.9. The predicted octanol–water partition coefficient (Wildman–Crippen LogP) is 3.20. The molecule has 0 bridgehead atoms. The predicted molar refractivity (Wildman–Crippen MR) is 103 cm³/mol. The highest BCUT2D eigenvalue weighted by Crippen LogP contribution is 2.31. The first-order chi connectivity index (χ1) is 12.1. The van der Waals surface area contributed by atoms with Gasteiger partial charge in [-0.05, 0) is 37.9 Å². The summed E-state index contributed by atoms with van der Waals surface area (Å²) in [4.78, 5) is 8.39. The number of hydrogen-bond acceptors (Lipinski definition) is 5. The Hall–Kier alpha value is -2.79. The molecule has 2 aromatic heterocycles. The van der Waals surface area contributed by atoms with E-state index >= 15 is 0 Å². The van der Waals surface area contributed by atoms with E-state index in [0.717, 1.165) is 41.3 Å². The Morgan fingerprint density at radius 3 is 2.20 bits per heavy atom. The Balaban J connectivity index is 2.02. The molecule has 5 heteroatoms. The minimum absolute atomic E-state index is 0.873. The molecule has 0 amide bonds. The topological polar surface area (TPSA) is 45.2 Å².